The van der Waals surface area contributed by atoms with Gasteiger partial charge in [-0.2, -0.15) is 0 Å². The van der Waals surface area contributed by atoms with Gasteiger partial charge < -0.3 is 10.1 Å². The molecule has 0 aromatic heterocycles. The van der Waals surface area contributed by atoms with Gasteiger partial charge in [-0.1, -0.05) is 6.07 Å². The minimum absolute atomic E-state index is 0.0612. The van der Waals surface area contributed by atoms with E-state index in [-0.39, 0.29) is 12.5 Å². The molecule has 0 saturated carbocycles. The summed E-state index contributed by atoms with van der Waals surface area (Å²) in [5.74, 6) is 0.582. The fourth-order valence-electron chi connectivity index (χ4n) is 1.64. The molecule has 1 amide bonds. The van der Waals surface area contributed by atoms with E-state index >= 15 is 0 Å². The fraction of sp³-hybridized carbons (Fsp3) is 0.273. The maximum absolute atomic E-state index is 11.7. The molecule has 1 aliphatic heterocycles. The molecule has 1 aliphatic rings. The summed E-state index contributed by atoms with van der Waals surface area (Å²) in [4.78, 5) is 13.2. The number of aryl methyl sites for hydroxylation is 1. The van der Waals surface area contributed by atoms with E-state index in [1.165, 1.54) is 4.90 Å². The molecule has 0 unspecified atom stereocenters. The van der Waals surface area contributed by atoms with E-state index < -0.39 is 0 Å². The zero-order valence-electron chi connectivity index (χ0n) is 9.11. The third-order valence-corrected chi connectivity index (χ3v) is 2.75. The Bertz CT molecular complexity index is 443. The molecule has 1 heterocycles. The molecule has 0 radical (unpaired) electrons. The Balaban J connectivity index is 2.49. The van der Waals surface area contributed by atoms with Gasteiger partial charge in [-0.05, 0) is 36.8 Å². The number of carbonyl (C=O) groups excluding carboxylic acids is 1. The maximum atomic E-state index is 11.7. The highest BCUT2D eigenvalue weighted by atomic mass is 32.1. The van der Waals surface area contributed by atoms with Gasteiger partial charge in [0.1, 0.15) is 5.75 Å². The molecule has 1 saturated heterocycles. The number of anilines is 1. The Labute approximate surface area is 99.2 Å². The Kier molecular flexibility index (Phi) is 2.78. The maximum Gasteiger partial charge on any atom is 0.252 e. The highest BCUT2D eigenvalue weighted by Crippen LogP contribution is 2.30. The van der Waals surface area contributed by atoms with Crippen LogP contribution in [-0.2, 0) is 4.79 Å². The first kappa shape index (κ1) is 10.9. The number of amides is 1. The average molecular weight is 236 g/mol. The molecule has 0 spiro atoms. The van der Waals surface area contributed by atoms with Crippen LogP contribution in [0.5, 0.6) is 5.75 Å². The zero-order valence-corrected chi connectivity index (χ0v) is 9.93. The third-order valence-electron chi connectivity index (χ3n) is 2.42. The molecule has 4 nitrogen and oxygen atoms in total. The lowest BCUT2D eigenvalue weighted by atomic mass is 10.2. The summed E-state index contributed by atoms with van der Waals surface area (Å²) in [6, 6.07) is 5.65. The van der Waals surface area contributed by atoms with E-state index in [9.17, 15) is 4.79 Å². The van der Waals surface area contributed by atoms with Gasteiger partial charge in [-0.3, -0.25) is 9.69 Å². The van der Waals surface area contributed by atoms with E-state index in [0.29, 0.717) is 16.5 Å². The number of rotatable bonds is 2. The van der Waals surface area contributed by atoms with Crippen molar-refractivity contribution in [3.05, 3.63) is 23.8 Å². The summed E-state index contributed by atoms with van der Waals surface area (Å²) in [5.41, 5.74) is 1.75. The Morgan fingerprint density at radius 3 is 2.81 bits per heavy atom. The molecule has 0 bridgehead atoms. The van der Waals surface area contributed by atoms with Crippen LogP contribution in [0.2, 0.25) is 0 Å². The minimum atomic E-state index is -0.0612. The first-order valence-corrected chi connectivity index (χ1v) is 5.29. The van der Waals surface area contributed by atoms with Gasteiger partial charge in [-0.15, -0.1) is 0 Å². The van der Waals surface area contributed by atoms with Crippen LogP contribution < -0.4 is 15.0 Å². The number of nitrogens with one attached hydrogen (secondary N) is 1. The molecule has 1 fully saturated rings. The molecule has 1 N–H and O–H groups in total. The van der Waals surface area contributed by atoms with Crippen LogP contribution in [0.1, 0.15) is 5.56 Å². The number of carbonyl (C=O) groups is 1. The van der Waals surface area contributed by atoms with E-state index in [1.54, 1.807) is 7.11 Å². The second kappa shape index (κ2) is 4.09. The molecule has 0 atom stereocenters. The molecular formula is C11H12N2O2S. The number of methoxy groups -OCH3 is 1. The Morgan fingerprint density at radius 1 is 1.50 bits per heavy atom. The van der Waals surface area contributed by atoms with E-state index in [4.69, 9.17) is 17.0 Å². The van der Waals surface area contributed by atoms with Crippen LogP contribution >= 0.6 is 12.2 Å². The standard InChI is InChI=1S/C11H12N2O2S/c1-7-3-4-9(15-2)8(5-7)13-10(14)6-12-11(13)16/h3-5H,6H2,1-2H3,(H,12,16). The first-order chi connectivity index (χ1) is 7.63. The molecule has 1 aromatic carbocycles. The number of nitrogens with zero attached hydrogens (tertiary/aromatic N) is 1. The lowest BCUT2D eigenvalue weighted by molar-refractivity contribution is -0.115. The lowest BCUT2D eigenvalue weighted by Gasteiger charge is -2.18. The van der Waals surface area contributed by atoms with Crippen molar-refractivity contribution in [2.45, 2.75) is 6.92 Å². The van der Waals surface area contributed by atoms with Gasteiger partial charge in [0.2, 0.25) is 0 Å². The molecule has 1 aromatic rings. The summed E-state index contributed by atoms with van der Waals surface area (Å²) in [5, 5.41) is 3.27. The van der Waals surface area contributed by atoms with E-state index in [2.05, 4.69) is 5.32 Å². The van der Waals surface area contributed by atoms with Crippen molar-refractivity contribution < 1.29 is 9.53 Å². The van der Waals surface area contributed by atoms with Crippen LogP contribution in [0.25, 0.3) is 0 Å². The number of hydrogen-bond acceptors (Lipinski definition) is 3. The van der Waals surface area contributed by atoms with Gasteiger partial charge in [0.15, 0.2) is 5.11 Å². The van der Waals surface area contributed by atoms with Crippen LogP contribution in [0.4, 0.5) is 5.69 Å². The van der Waals surface area contributed by atoms with Gasteiger partial charge in [0.25, 0.3) is 5.91 Å². The minimum Gasteiger partial charge on any atom is -0.495 e. The average Bonchev–Trinajstić information content (AvgIpc) is 2.58. The van der Waals surface area contributed by atoms with Crippen LogP contribution in [-0.4, -0.2) is 24.7 Å². The lowest BCUT2D eigenvalue weighted by Crippen LogP contribution is -2.30. The molecule has 5 heteroatoms. The quantitative estimate of drug-likeness (QED) is 0.784. The summed E-state index contributed by atoms with van der Waals surface area (Å²) >= 11 is 5.09. The van der Waals surface area contributed by atoms with Gasteiger partial charge >= 0.3 is 0 Å². The Morgan fingerprint density at radius 2 is 2.25 bits per heavy atom. The number of ether oxygens (including phenoxy) is 1. The number of benzene rings is 1. The molecule has 0 aliphatic carbocycles. The van der Waals surface area contributed by atoms with E-state index in [1.807, 2.05) is 25.1 Å². The topological polar surface area (TPSA) is 41.6 Å². The zero-order chi connectivity index (χ0) is 11.7. The van der Waals surface area contributed by atoms with Crippen molar-refractivity contribution in [2.75, 3.05) is 18.6 Å². The SMILES string of the molecule is COc1ccc(C)cc1N1C(=O)CNC1=S. The molecule has 84 valence electrons. The second-order valence-electron chi connectivity index (χ2n) is 3.56. The predicted molar refractivity (Wildman–Crippen MR) is 65.8 cm³/mol. The smallest absolute Gasteiger partial charge is 0.252 e. The second-order valence-corrected chi connectivity index (χ2v) is 3.95. The highest BCUT2D eigenvalue weighted by molar-refractivity contribution is 7.80. The third kappa shape index (κ3) is 1.74. The summed E-state index contributed by atoms with van der Waals surface area (Å²) in [7, 11) is 1.57. The van der Waals surface area contributed by atoms with E-state index in [0.717, 1.165) is 5.56 Å². The monoisotopic (exact) mass is 236 g/mol. The number of hydrogen-bond donors (Lipinski definition) is 1. The summed E-state index contributed by atoms with van der Waals surface area (Å²) in [6.07, 6.45) is 0. The summed E-state index contributed by atoms with van der Waals surface area (Å²) in [6.45, 7) is 2.20. The largest absolute Gasteiger partial charge is 0.495 e. The normalized spacial score (nSPS) is 15.2. The van der Waals surface area contributed by atoms with Crippen molar-refractivity contribution in [1.82, 2.24) is 5.32 Å². The molecular weight excluding hydrogens is 224 g/mol. The van der Waals surface area contributed by atoms with Gasteiger partial charge in [0.05, 0.1) is 19.3 Å². The predicted octanol–water partition coefficient (Wildman–Crippen LogP) is 1.22. The first-order valence-electron chi connectivity index (χ1n) is 4.89. The van der Waals surface area contributed by atoms with Crippen molar-refractivity contribution in [3.8, 4) is 5.75 Å². The number of thiocarbonyl (C=S) groups is 1. The highest BCUT2D eigenvalue weighted by Gasteiger charge is 2.29. The fourth-order valence-corrected chi connectivity index (χ4v) is 1.91. The van der Waals surface area contributed by atoms with Crippen LogP contribution in [0.3, 0.4) is 0 Å². The van der Waals surface area contributed by atoms with Crippen molar-refractivity contribution in [3.63, 3.8) is 0 Å². The van der Waals surface area contributed by atoms with Crippen LogP contribution in [0, 0.1) is 6.92 Å². The molecule has 16 heavy (non-hydrogen) atoms. The van der Waals surface area contributed by atoms with Crippen molar-refractivity contribution in [2.24, 2.45) is 0 Å². The molecule has 2 rings (SSSR count). The van der Waals surface area contributed by atoms with Crippen LogP contribution in [0.15, 0.2) is 18.2 Å². The summed E-state index contributed by atoms with van der Waals surface area (Å²) < 4.78 is 5.23. The van der Waals surface area contributed by atoms with Crippen molar-refractivity contribution >= 4 is 28.9 Å². The Hall–Kier alpha value is -1.62. The van der Waals surface area contributed by atoms with Crippen molar-refractivity contribution in [1.29, 1.82) is 0 Å². The van der Waals surface area contributed by atoms with Gasteiger partial charge in [0, 0.05) is 0 Å². The van der Waals surface area contributed by atoms with Gasteiger partial charge in [-0.25, -0.2) is 0 Å².